The van der Waals surface area contributed by atoms with Crippen molar-refractivity contribution in [3.8, 4) is 0 Å². The lowest BCUT2D eigenvalue weighted by Crippen LogP contribution is -2.26. The van der Waals surface area contributed by atoms with Gasteiger partial charge >= 0.3 is 0 Å². The van der Waals surface area contributed by atoms with Crippen molar-refractivity contribution in [2.75, 3.05) is 56.0 Å². The van der Waals surface area contributed by atoms with Crippen LogP contribution in [0.4, 0.5) is 0 Å². The molecule has 0 aliphatic rings. The molecule has 3 heteroatoms. The molecule has 0 aromatic heterocycles. The van der Waals surface area contributed by atoms with E-state index in [4.69, 9.17) is 0 Å². The van der Waals surface area contributed by atoms with Crippen LogP contribution in [0.3, 0.4) is 0 Å². The van der Waals surface area contributed by atoms with Gasteiger partial charge in [0.1, 0.15) is 0 Å². The second-order valence-corrected chi connectivity index (χ2v) is 3.64. The average molecular weight is 161 g/mol. The fraction of sp³-hybridized carbons (Fsp3) is 1.00. The van der Waals surface area contributed by atoms with Crippen LogP contribution >= 0.6 is 0 Å². The summed E-state index contributed by atoms with van der Waals surface area (Å²) in [4.78, 5) is 6.25. The number of hydrogen-bond donors (Lipinski definition) is 0. The Morgan fingerprint density at radius 3 is 0.818 bits per heavy atom. The summed E-state index contributed by atoms with van der Waals surface area (Å²) in [5.74, 6) is 0. The molecule has 3 nitrogen and oxygen atoms in total. The Labute approximate surface area is 71.6 Å². The van der Waals surface area contributed by atoms with Crippen LogP contribution in [0.5, 0.6) is 0 Å². The van der Waals surface area contributed by atoms with Crippen LogP contribution in [0.1, 0.15) is 0 Å². The second kappa shape index (κ2) is 7.98. The molecule has 70 valence electrons. The van der Waals surface area contributed by atoms with Crippen molar-refractivity contribution < 1.29 is 0 Å². The Balaban J connectivity index is 0. The van der Waals surface area contributed by atoms with Crippen molar-refractivity contribution >= 4 is 0 Å². The maximum atomic E-state index is 2.12. The highest BCUT2D eigenvalue weighted by Gasteiger charge is 1.87. The van der Waals surface area contributed by atoms with Gasteiger partial charge in [-0.3, -0.25) is 9.80 Å². The Bertz CT molecular complexity index is 61.0. The zero-order chi connectivity index (χ0) is 9.44. The van der Waals surface area contributed by atoms with E-state index in [1.165, 1.54) is 0 Å². The zero-order valence-electron chi connectivity index (χ0n) is 9.05. The van der Waals surface area contributed by atoms with E-state index in [1.807, 2.05) is 26.0 Å². The first-order valence-corrected chi connectivity index (χ1v) is 3.76. The lowest BCUT2D eigenvalue weighted by Gasteiger charge is -2.14. The fourth-order valence-electron chi connectivity index (χ4n) is 0.566. The molecular formula is C8H23N3. The minimum Gasteiger partial charge on any atom is -0.312 e. The first-order chi connectivity index (χ1) is 4.86. The summed E-state index contributed by atoms with van der Waals surface area (Å²) < 4.78 is 0. The summed E-state index contributed by atoms with van der Waals surface area (Å²) in [7, 11) is 14.2. The number of hydrogen-bond acceptors (Lipinski definition) is 3. The number of rotatable bonds is 2. The van der Waals surface area contributed by atoms with E-state index in [0.717, 1.165) is 6.67 Å². The molecule has 0 radical (unpaired) electrons. The molecule has 0 unspecified atom stereocenters. The summed E-state index contributed by atoms with van der Waals surface area (Å²) >= 11 is 0. The van der Waals surface area contributed by atoms with Crippen LogP contribution in [0, 0.1) is 0 Å². The van der Waals surface area contributed by atoms with Crippen molar-refractivity contribution in [2.45, 2.75) is 0 Å². The van der Waals surface area contributed by atoms with E-state index in [2.05, 4.69) is 38.0 Å². The second-order valence-electron chi connectivity index (χ2n) is 3.64. The van der Waals surface area contributed by atoms with Crippen LogP contribution in [0.15, 0.2) is 0 Å². The minimum absolute atomic E-state index is 1.03. The Kier molecular flexibility index (Phi) is 9.77. The summed E-state index contributed by atoms with van der Waals surface area (Å²) in [6, 6.07) is 0. The molecular weight excluding hydrogens is 138 g/mol. The summed E-state index contributed by atoms with van der Waals surface area (Å²) in [6.07, 6.45) is 0. The predicted octanol–water partition coefficient (Wildman–Crippen LogP) is 0.245. The third-order valence-electron chi connectivity index (χ3n) is 0.566. The molecule has 0 amide bonds. The van der Waals surface area contributed by atoms with Crippen molar-refractivity contribution in [3.63, 3.8) is 0 Å². The fourth-order valence-corrected chi connectivity index (χ4v) is 0.566. The van der Waals surface area contributed by atoms with Crippen molar-refractivity contribution in [3.05, 3.63) is 0 Å². The van der Waals surface area contributed by atoms with Gasteiger partial charge in [0.2, 0.25) is 0 Å². The van der Waals surface area contributed by atoms with Gasteiger partial charge in [0.25, 0.3) is 0 Å². The molecule has 0 N–H and O–H groups in total. The third-order valence-corrected chi connectivity index (χ3v) is 0.566. The average Bonchev–Trinajstić information content (AvgIpc) is 1.56. The molecule has 0 heterocycles. The van der Waals surface area contributed by atoms with E-state index in [9.17, 15) is 0 Å². The zero-order valence-corrected chi connectivity index (χ0v) is 9.05. The first-order valence-electron chi connectivity index (χ1n) is 3.76. The van der Waals surface area contributed by atoms with Gasteiger partial charge in [0.15, 0.2) is 0 Å². The van der Waals surface area contributed by atoms with Gasteiger partial charge < -0.3 is 4.90 Å². The molecule has 0 rings (SSSR count). The van der Waals surface area contributed by atoms with Crippen LogP contribution in [-0.2, 0) is 0 Å². The first kappa shape index (κ1) is 13.5. The lowest BCUT2D eigenvalue weighted by atomic mass is 10.8. The van der Waals surface area contributed by atoms with E-state index in [0.29, 0.717) is 0 Å². The lowest BCUT2D eigenvalue weighted by molar-refractivity contribution is 0.245. The van der Waals surface area contributed by atoms with Gasteiger partial charge in [-0.2, -0.15) is 0 Å². The van der Waals surface area contributed by atoms with Crippen LogP contribution in [-0.4, -0.2) is 70.7 Å². The van der Waals surface area contributed by atoms with Crippen LogP contribution in [0.25, 0.3) is 0 Å². The topological polar surface area (TPSA) is 9.72 Å². The monoisotopic (exact) mass is 161 g/mol. The van der Waals surface area contributed by atoms with E-state index in [-0.39, 0.29) is 0 Å². The standard InChI is InChI=1S/C5H14N2.C3H9N/c1-6(2)5-7(3)4;1-4(2)3/h5H2,1-4H3;1-3H3. The third kappa shape index (κ3) is 40.8. The molecule has 0 fully saturated rings. The minimum atomic E-state index is 1.03. The summed E-state index contributed by atoms with van der Waals surface area (Å²) in [5.41, 5.74) is 0. The normalized spacial score (nSPS) is 10.4. The van der Waals surface area contributed by atoms with Gasteiger partial charge in [-0.1, -0.05) is 0 Å². The Morgan fingerprint density at radius 2 is 0.818 bits per heavy atom. The van der Waals surface area contributed by atoms with Crippen molar-refractivity contribution in [1.29, 1.82) is 0 Å². The smallest absolute Gasteiger partial charge is 0.0495 e. The molecule has 0 aliphatic heterocycles. The SMILES string of the molecule is CN(C)C.CN(C)CN(C)C. The molecule has 0 atom stereocenters. The number of nitrogens with zero attached hydrogens (tertiary/aromatic N) is 3. The van der Waals surface area contributed by atoms with Crippen molar-refractivity contribution in [2.24, 2.45) is 0 Å². The van der Waals surface area contributed by atoms with Crippen LogP contribution < -0.4 is 0 Å². The maximum absolute atomic E-state index is 2.12. The molecule has 0 saturated heterocycles. The van der Waals surface area contributed by atoms with Gasteiger partial charge in [-0.05, 0) is 49.3 Å². The Hall–Kier alpha value is -0.120. The summed E-state index contributed by atoms with van der Waals surface area (Å²) in [5, 5.41) is 0. The van der Waals surface area contributed by atoms with E-state index in [1.54, 1.807) is 0 Å². The van der Waals surface area contributed by atoms with E-state index < -0.39 is 0 Å². The highest BCUT2D eigenvalue weighted by Crippen LogP contribution is 1.74. The van der Waals surface area contributed by atoms with Gasteiger partial charge in [-0.15, -0.1) is 0 Å². The van der Waals surface area contributed by atoms with Crippen molar-refractivity contribution in [1.82, 2.24) is 14.7 Å². The predicted molar refractivity (Wildman–Crippen MR) is 51.9 cm³/mol. The molecule has 11 heavy (non-hydrogen) atoms. The van der Waals surface area contributed by atoms with Gasteiger partial charge in [0, 0.05) is 6.67 Å². The Morgan fingerprint density at radius 1 is 0.636 bits per heavy atom. The molecule has 0 aromatic carbocycles. The molecule has 0 aromatic rings. The molecule has 0 spiro atoms. The highest BCUT2D eigenvalue weighted by molar-refractivity contribution is 4.35. The van der Waals surface area contributed by atoms with Gasteiger partial charge in [0.05, 0.1) is 0 Å². The van der Waals surface area contributed by atoms with E-state index >= 15 is 0 Å². The largest absolute Gasteiger partial charge is 0.312 e. The van der Waals surface area contributed by atoms with Gasteiger partial charge in [-0.25, -0.2) is 0 Å². The molecule has 0 aliphatic carbocycles. The highest BCUT2D eigenvalue weighted by atomic mass is 15.2. The molecule has 0 bridgehead atoms. The summed E-state index contributed by atoms with van der Waals surface area (Å²) in [6.45, 7) is 1.03. The molecule has 0 saturated carbocycles. The van der Waals surface area contributed by atoms with Crippen LogP contribution in [0.2, 0.25) is 0 Å². The quantitative estimate of drug-likeness (QED) is 0.537. The maximum Gasteiger partial charge on any atom is 0.0495 e.